The van der Waals surface area contributed by atoms with Crippen molar-refractivity contribution in [1.29, 1.82) is 0 Å². The molecular formula is C17H26O10. The predicted octanol–water partition coefficient (Wildman–Crippen LogP) is 0.0880. The van der Waals surface area contributed by atoms with E-state index in [0.29, 0.717) is 0 Å². The molecule has 0 bridgehead atoms. The van der Waals surface area contributed by atoms with Crippen LogP contribution in [0.5, 0.6) is 0 Å². The highest BCUT2D eigenvalue weighted by molar-refractivity contribution is 5.75. The second-order valence-electron chi connectivity index (χ2n) is 7.14. The number of esters is 4. The zero-order chi connectivity index (χ0) is 20.9. The number of carbonyl (C=O) groups excluding carboxylic acids is 4. The first-order valence-electron chi connectivity index (χ1n) is 8.35. The Bertz CT molecular complexity index is 579. The fraction of sp³-hybridized carbons (Fsp3) is 0.765. The number of aliphatic hydroxyl groups excluding tert-OH is 1. The van der Waals surface area contributed by atoms with Crippen LogP contribution < -0.4 is 0 Å². The predicted molar refractivity (Wildman–Crippen MR) is 88.0 cm³/mol. The minimum Gasteiger partial charge on any atom is -0.463 e. The lowest BCUT2D eigenvalue weighted by molar-refractivity contribution is -0.297. The van der Waals surface area contributed by atoms with Gasteiger partial charge in [-0.15, -0.1) is 0 Å². The summed E-state index contributed by atoms with van der Waals surface area (Å²) in [5.74, 6) is -2.80. The van der Waals surface area contributed by atoms with Crippen LogP contribution in [0.15, 0.2) is 0 Å². The second-order valence-corrected chi connectivity index (χ2v) is 7.14. The molecule has 0 saturated carbocycles. The van der Waals surface area contributed by atoms with Crippen LogP contribution in [-0.2, 0) is 42.9 Å². The Morgan fingerprint density at radius 2 is 1.37 bits per heavy atom. The lowest BCUT2D eigenvalue weighted by Gasteiger charge is -2.43. The third-order valence-electron chi connectivity index (χ3n) is 3.52. The molecule has 27 heavy (non-hydrogen) atoms. The van der Waals surface area contributed by atoms with Crippen LogP contribution in [0.4, 0.5) is 0 Å². The zero-order valence-electron chi connectivity index (χ0n) is 16.2. The number of rotatable bonds is 5. The van der Waals surface area contributed by atoms with Crippen molar-refractivity contribution in [3.05, 3.63) is 0 Å². The van der Waals surface area contributed by atoms with Crippen molar-refractivity contribution in [2.75, 3.05) is 6.61 Å². The van der Waals surface area contributed by atoms with E-state index in [0.717, 1.165) is 20.8 Å². The smallest absolute Gasteiger partial charge is 0.311 e. The summed E-state index contributed by atoms with van der Waals surface area (Å²) in [6.07, 6.45) is -6.91. The van der Waals surface area contributed by atoms with E-state index in [1.807, 2.05) is 0 Å². The van der Waals surface area contributed by atoms with Crippen molar-refractivity contribution < 1.29 is 48.0 Å². The molecule has 0 aliphatic carbocycles. The van der Waals surface area contributed by atoms with Crippen LogP contribution in [0.2, 0.25) is 0 Å². The first kappa shape index (κ1) is 22.8. The van der Waals surface area contributed by atoms with E-state index in [1.165, 1.54) is 0 Å². The lowest BCUT2D eigenvalue weighted by atomic mass is 9.95. The standard InChI is InChI=1S/C17H26O10/c1-8(18)23-7-11-12(24-9(2)19)13(25-10(3)20)14(15(21)26-11)27-16(22)17(4,5)6/h11-15,21H,7H2,1-6H3/t11-,12-,13+,14-,15+/m1/s1. The Morgan fingerprint density at radius 1 is 0.852 bits per heavy atom. The number of ether oxygens (including phenoxy) is 5. The van der Waals surface area contributed by atoms with Crippen LogP contribution >= 0.6 is 0 Å². The third-order valence-corrected chi connectivity index (χ3v) is 3.52. The van der Waals surface area contributed by atoms with Crippen LogP contribution in [0.1, 0.15) is 41.5 Å². The topological polar surface area (TPSA) is 135 Å². The summed E-state index contributed by atoms with van der Waals surface area (Å²) in [7, 11) is 0. The van der Waals surface area contributed by atoms with Gasteiger partial charge in [-0.1, -0.05) is 0 Å². The Morgan fingerprint density at radius 3 is 1.81 bits per heavy atom. The van der Waals surface area contributed by atoms with E-state index in [2.05, 4.69) is 0 Å². The number of aliphatic hydroxyl groups is 1. The fourth-order valence-corrected chi connectivity index (χ4v) is 2.31. The number of hydrogen-bond donors (Lipinski definition) is 1. The van der Waals surface area contributed by atoms with Gasteiger partial charge in [0.1, 0.15) is 12.7 Å². The molecule has 0 amide bonds. The monoisotopic (exact) mass is 390 g/mol. The van der Waals surface area contributed by atoms with E-state index < -0.39 is 60.0 Å². The summed E-state index contributed by atoms with van der Waals surface area (Å²) in [6, 6.07) is 0. The molecule has 0 aromatic rings. The van der Waals surface area contributed by atoms with Crippen molar-refractivity contribution in [3.63, 3.8) is 0 Å². The molecule has 1 aliphatic heterocycles. The minimum absolute atomic E-state index is 0.373. The molecule has 0 aromatic heterocycles. The van der Waals surface area contributed by atoms with Crippen molar-refractivity contribution >= 4 is 23.9 Å². The first-order valence-corrected chi connectivity index (χ1v) is 8.35. The van der Waals surface area contributed by atoms with E-state index >= 15 is 0 Å². The molecule has 5 atom stereocenters. The van der Waals surface area contributed by atoms with Gasteiger partial charge >= 0.3 is 23.9 Å². The molecule has 1 rings (SSSR count). The van der Waals surface area contributed by atoms with E-state index in [1.54, 1.807) is 20.8 Å². The molecule has 10 heteroatoms. The minimum atomic E-state index is -1.70. The van der Waals surface area contributed by atoms with Crippen molar-refractivity contribution in [1.82, 2.24) is 0 Å². The van der Waals surface area contributed by atoms with Gasteiger partial charge in [0, 0.05) is 20.8 Å². The summed E-state index contributed by atoms with van der Waals surface area (Å²) in [6.45, 7) is 7.81. The van der Waals surface area contributed by atoms with Gasteiger partial charge in [0.2, 0.25) is 0 Å². The maximum absolute atomic E-state index is 12.2. The fourth-order valence-electron chi connectivity index (χ4n) is 2.31. The van der Waals surface area contributed by atoms with Crippen molar-refractivity contribution in [3.8, 4) is 0 Å². The highest BCUT2D eigenvalue weighted by Crippen LogP contribution is 2.29. The maximum atomic E-state index is 12.2. The largest absolute Gasteiger partial charge is 0.463 e. The molecule has 154 valence electrons. The summed E-state index contributed by atoms with van der Waals surface area (Å²) >= 11 is 0. The zero-order valence-corrected chi connectivity index (χ0v) is 16.2. The van der Waals surface area contributed by atoms with Crippen LogP contribution in [0.3, 0.4) is 0 Å². The molecule has 0 radical (unpaired) electrons. The Balaban J connectivity index is 3.18. The summed E-state index contributed by atoms with van der Waals surface area (Å²) in [4.78, 5) is 46.3. The van der Waals surface area contributed by atoms with E-state index in [4.69, 9.17) is 23.7 Å². The third kappa shape index (κ3) is 6.79. The van der Waals surface area contributed by atoms with Gasteiger partial charge in [0.25, 0.3) is 0 Å². The summed E-state index contributed by atoms with van der Waals surface area (Å²) in [5, 5.41) is 10.3. The maximum Gasteiger partial charge on any atom is 0.311 e. The Labute approximate surface area is 157 Å². The van der Waals surface area contributed by atoms with Crippen LogP contribution in [-0.4, -0.2) is 66.3 Å². The van der Waals surface area contributed by atoms with Crippen LogP contribution in [0.25, 0.3) is 0 Å². The molecule has 1 saturated heterocycles. The number of hydrogen-bond acceptors (Lipinski definition) is 10. The van der Waals surface area contributed by atoms with Gasteiger partial charge in [-0.05, 0) is 20.8 Å². The molecule has 1 fully saturated rings. The quantitative estimate of drug-likeness (QED) is 0.508. The van der Waals surface area contributed by atoms with Crippen molar-refractivity contribution in [2.24, 2.45) is 5.41 Å². The SMILES string of the molecule is CC(=O)OC[C@H]1O[C@H](O)[C@H](OC(=O)C(C)(C)C)[C@@H](OC(C)=O)[C@@H]1OC(C)=O. The van der Waals surface area contributed by atoms with Gasteiger partial charge < -0.3 is 28.8 Å². The van der Waals surface area contributed by atoms with Gasteiger partial charge in [-0.2, -0.15) is 0 Å². The van der Waals surface area contributed by atoms with E-state index in [9.17, 15) is 24.3 Å². The van der Waals surface area contributed by atoms with Crippen LogP contribution in [0, 0.1) is 5.41 Å². The van der Waals surface area contributed by atoms with Gasteiger partial charge in [-0.3, -0.25) is 19.2 Å². The average molecular weight is 390 g/mol. The highest BCUT2D eigenvalue weighted by Gasteiger charge is 2.52. The van der Waals surface area contributed by atoms with Crippen molar-refractivity contribution in [2.45, 2.75) is 72.2 Å². The average Bonchev–Trinajstić information content (AvgIpc) is 2.49. The highest BCUT2D eigenvalue weighted by atomic mass is 16.7. The Hall–Kier alpha value is -2.20. The molecule has 0 aromatic carbocycles. The van der Waals surface area contributed by atoms with Gasteiger partial charge in [0.15, 0.2) is 24.6 Å². The van der Waals surface area contributed by atoms with Gasteiger partial charge in [0.05, 0.1) is 5.41 Å². The molecule has 0 unspecified atom stereocenters. The Kier molecular flexibility index (Phi) is 7.73. The molecule has 1 N–H and O–H groups in total. The second kappa shape index (κ2) is 9.14. The molecule has 1 heterocycles. The molecular weight excluding hydrogens is 364 g/mol. The molecule has 10 nitrogen and oxygen atoms in total. The first-order chi connectivity index (χ1) is 12.3. The normalized spacial score (nSPS) is 28.0. The molecule has 1 aliphatic rings. The summed E-state index contributed by atoms with van der Waals surface area (Å²) < 4.78 is 25.8. The number of carbonyl (C=O) groups is 4. The lowest BCUT2D eigenvalue weighted by Crippen LogP contribution is -2.62. The van der Waals surface area contributed by atoms with E-state index in [-0.39, 0.29) is 6.61 Å². The summed E-state index contributed by atoms with van der Waals surface area (Å²) in [5.41, 5.74) is -0.911. The molecule has 0 spiro atoms. The van der Waals surface area contributed by atoms with Gasteiger partial charge in [-0.25, -0.2) is 0 Å².